The van der Waals surface area contributed by atoms with Crippen LogP contribution < -0.4 is 15.4 Å². The molecule has 1 atom stereocenters. The zero-order chi connectivity index (χ0) is 17.4. The van der Waals surface area contributed by atoms with Gasteiger partial charge in [0.2, 0.25) is 17.6 Å². The fourth-order valence-corrected chi connectivity index (χ4v) is 2.08. The molecule has 0 bridgehead atoms. The van der Waals surface area contributed by atoms with E-state index in [9.17, 15) is 4.79 Å². The largest absolute Gasteiger partial charge is 0.496 e. The van der Waals surface area contributed by atoms with Gasteiger partial charge in [-0.1, -0.05) is 17.3 Å². The summed E-state index contributed by atoms with van der Waals surface area (Å²) in [7, 11) is 3.19. The van der Waals surface area contributed by atoms with Crippen LogP contribution >= 0.6 is 0 Å². The van der Waals surface area contributed by atoms with E-state index in [-0.39, 0.29) is 12.5 Å². The van der Waals surface area contributed by atoms with Crippen LogP contribution in [0.2, 0.25) is 0 Å². The van der Waals surface area contributed by atoms with E-state index in [1.54, 1.807) is 21.1 Å². The van der Waals surface area contributed by atoms with E-state index >= 15 is 0 Å². The zero-order valence-corrected chi connectivity index (χ0v) is 14.0. The van der Waals surface area contributed by atoms with Crippen molar-refractivity contribution in [3.05, 3.63) is 30.2 Å². The van der Waals surface area contributed by atoms with Crippen LogP contribution in [0.5, 0.6) is 5.75 Å². The lowest BCUT2D eigenvalue weighted by atomic mass is 10.2. The molecule has 0 aliphatic rings. The first-order valence-corrected chi connectivity index (χ1v) is 7.61. The zero-order valence-electron chi connectivity index (χ0n) is 14.0. The maximum Gasteiger partial charge on any atom is 0.249 e. The predicted octanol–water partition coefficient (Wildman–Crippen LogP) is 1.16. The third-order valence-corrected chi connectivity index (χ3v) is 3.31. The number of methoxy groups -OCH3 is 2. The van der Waals surface area contributed by atoms with Crippen molar-refractivity contribution in [2.75, 3.05) is 33.9 Å². The molecule has 1 aromatic heterocycles. The number of nitrogens with zero attached hydrogens (tertiary/aromatic N) is 2. The molecule has 1 amide bonds. The maximum absolute atomic E-state index is 11.8. The minimum absolute atomic E-state index is 0.157. The quantitative estimate of drug-likeness (QED) is 0.664. The van der Waals surface area contributed by atoms with Gasteiger partial charge in [-0.25, -0.2) is 0 Å². The number of benzene rings is 1. The van der Waals surface area contributed by atoms with Gasteiger partial charge in [0.25, 0.3) is 0 Å². The second-order valence-electron chi connectivity index (χ2n) is 5.12. The van der Waals surface area contributed by atoms with E-state index < -0.39 is 6.04 Å². The molecule has 130 valence electrons. The Bertz CT molecular complexity index is 659. The van der Waals surface area contributed by atoms with Crippen molar-refractivity contribution in [1.29, 1.82) is 0 Å². The van der Waals surface area contributed by atoms with Gasteiger partial charge < -0.3 is 24.6 Å². The van der Waals surface area contributed by atoms with E-state index in [0.29, 0.717) is 30.6 Å². The predicted molar refractivity (Wildman–Crippen MR) is 87.6 cm³/mol. The first-order valence-electron chi connectivity index (χ1n) is 7.61. The molecule has 0 spiro atoms. The highest BCUT2D eigenvalue weighted by molar-refractivity contribution is 5.78. The Morgan fingerprint density at radius 1 is 1.33 bits per heavy atom. The molecular formula is C16H22N4O4. The first-order chi connectivity index (χ1) is 11.7. The minimum atomic E-state index is -0.391. The summed E-state index contributed by atoms with van der Waals surface area (Å²) >= 11 is 0. The molecular weight excluding hydrogens is 312 g/mol. The van der Waals surface area contributed by atoms with Crippen LogP contribution in [0.4, 0.5) is 0 Å². The lowest BCUT2D eigenvalue weighted by Gasteiger charge is -2.10. The molecule has 2 aromatic rings. The molecule has 1 unspecified atom stereocenters. The van der Waals surface area contributed by atoms with Gasteiger partial charge in [0.1, 0.15) is 11.8 Å². The van der Waals surface area contributed by atoms with Gasteiger partial charge in [0.15, 0.2) is 0 Å². The Labute approximate surface area is 140 Å². The molecule has 8 nitrogen and oxygen atoms in total. The van der Waals surface area contributed by atoms with Gasteiger partial charge in [-0.3, -0.25) is 4.79 Å². The van der Waals surface area contributed by atoms with Crippen LogP contribution in [0, 0.1) is 0 Å². The maximum atomic E-state index is 11.8. The van der Waals surface area contributed by atoms with E-state index in [1.165, 1.54) is 0 Å². The number of hydrogen-bond donors (Lipinski definition) is 2. The Kier molecular flexibility index (Phi) is 6.71. The highest BCUT2D eigenvalue weighted by atomic mass is 16.5. The molecule has 0 fully saturated rings. The summed E-state index contributed by atoms with van der Waals surface area (Å²) < 4.78 is 15.4. The van der Waals surface area contributed by atoms with Crippen LogP contribution in [0.15, 0.2) is 28.8 Å². The number of para-hydroxylation sites is 1. The summed E-state index contributed by atoms with van der Waals surface area (Å²) in [6.07, 6.45) is 0. The second kappa shape index (κ2) is 8.99. The van der Waals surface area contributed by atoms with Crippen molar-refractivity contribution in [3.63, 3.8) is 0 Å². The Morgan fingerprint density at radius 2 is 2.12 bits per heavy atom. The van der Waals surface area contributed by atoms with Crippen LogP contribution in [-0.4, -0.2) is 50.0 Å². The number of carbonyl (C=O) groups excluding carboxylic acids is 1. The summed E-state index contributed by atoms with van der Waals surface area (Å²) in [5.41, 5.74) is 0.731. The number of aromatic nitrogens is 2. The summed E-state index contributed by atoms with van der Waals surface area (Å²) in [4.78, 5) is 16.2. The Morgan fingerprint density at radius 3 is 2.88 bits per heavy atom. The monoisotopic (exact) mass is 334 g/mol. The molecule has 0 radical (unpaired) electrons. The average Bonchev–Trinajstić information content (AvgIpc) is 3.08. The van der Waals surface area contributed by atoms with Crippen molar-refractivity contribution in [2.45, 2.75) is 13.0 Å². The number of carbonyl (C=O) groups is 1. The van der Waals surface area contributed by atoms with Gasteiger partial charge in [-0.2, -0.15) is 4.98 Å². The summed E-state index contributed by atoms with van der Waals surface area (Å²) in [6, 6.07) is 7.00. The van der Waals surface area contributed by atoms with Gasteiger partial charge in [-0.15, -0.1) is 0 Å². The van der Waals surface area contributed by atoms with Crippen LogP contribution in [0.25, 0.3) is 11.4 Å². The van der Waals surface area contributed by atoms with Crippen molar-refractivity contribution in [1.82, 2.24) is 20.8 Å². The van der Waals surface area contributed by atoms with Crippen LogP contribution in [-0.2, 0) is 9.53 Å². The minimum Gasteiger partial charge on any atom is -0.496 e. The number of hydrogen-bond acceptors (Lipinski definition) is 7. The van der Waals surface area contributed by atoms with E-state index in [4.69, 9.17) is 14.0 Å². The normalized spacial score (nSPS) is 12.0. The van der Waals surface area contributed by atoms with Gasteiger partial charge in [-0.05, 0) is 19.1 Å². The molecule has 2 N–H and O–H groups in total. The number of ether oxygens (including phenoxy) is 2. The topological polar surface area (TPSA) is 98.5 Å². The molecule has 2 rings (SSSR count). The smallest absolute Gasteiger partial charge is 0.249 e. The Hall–Kier alpha value is -2.45. The van der Waals surface area contributed by atoms with Gasteiger partial charge in [0, 0.05) is 13.7 Å². The van der Waals surface area contributed by atoms with Crippen molar-refractivity contribution < 1.29 is 18.8 Å². The molecule has 8 heteroatoms. The van der Waals surface area contributed by atoms with Crippen molar-refractivity contribution >= 4 is 5.91 Å². The van der Waals surface area contributed by atoms with Crippen molar-refractivity contribution in [2.24, 2.45) is 0 Å². The fourth-order valence-electron chi connectivity index (χ4n) is 2.08. The molecule has 0 aliphatic heterocycles. The lowest BCUT2D eigenvalue weighted by molar-refractivity contribution is -0.121. The lowest BCUT2D eigenvalue weighted by Crippen LogP contribution is -2.36. The second-order valence-corrected chi connectivity index (χ2v) is 5.12. The summed E-state index contributed by atoms with van der Waals surface area (Å²) in [6.45, 7) is 3.14. The molecule has 1 heterocycles. The summed E-state index contributed by atoms with van der Waals surface area (Å²) in [5.74, 6) is 1.25. The fraction of sp³-hybridized carbons (Fsp3) is 0.438. The number of nitrogens with one attached hydrogen (secondary N) is 2. The standard InChI is InChI=1S/C16H22N4O4/c1-11(18-14(21)10-17-8-9-22-2)16-19-15(20-24-16)12-6-4-5-7-13(12)23-3/h4-7,11,17H,8-10H2,1-3H3,(H,18,21). The van der Waals surface area contributed by atoms with Crippen LogP contribution in [0.1, 0.15) is 18.9 Å². The molecule has 24 heavy (non-hydrogen) atoms. The highest BCUT2D eigenvalue weighted by Gasteiger charge is 2.18. The summed E-state index contributed by atoms with van der Waals surface area (Å²) in [5, 5.41) is 9.73. The van der Waals surface area contributed by atoms with Gasteiger partial charge >= 0.3 is 0 Å². The molecule has 1 aromatic carbocycles. The highest BCUT2D eigenvalue weighted by Crippen LogP contribution is 2.27. The molecule has 0 saturated heterocycles. The van der Waals surface area contributed by atoms with E-state index in [0.717, 1.165) is 5.56 Å². The number of amides is 1. The van der Waals surface area contributed by atoms with E-state index in [1.807, 2.05) is 24.3 Å². The van der Waals surface area contributed by atoms with Crippen LogP contribution in [0.3, 0.4) is 0 Å². The van der Waals surface area contributed by atoms with Crippen molar-refractivity contribution in [3.8, 4) is 17.1 Å². The number of rotatable bonds is 9. The molecule has 0 aliphatic carbocycles. The SMILES string of the molecule is COCCNCC(=O)NC(C)c1nc(-c2ccccc2OC)no1. The van der Waals surface area contributed by atoms with E-state index in [2.05, 4.69) is 20.8 Å². The first kappa shape index (κ1) is 17.9. The molecule has 0 saturated carbocycles. The third kappa shape index (κ3) is 4.77. The average molecular weight is 334 g/mol. The Balaban J connectivity index is 1.96. The third-order valence-electron chi connectivity index (χ3n) is 3.31. The van der Waals surface area contributed by atoms with Gasteiger partial charge in [0.05, 0.1) is 25.8 Å².